The molecule has 0 saturated carbocycles. The molecule has 1 N–H and O–H groups in total. The second kappa shape index (κ2) is 12.3. The summed E-state index contributed by atoms with van der Waals surface area (Å²) in [6.07, 6.45) is 6.85. The number of nitrogens with zero attached hydrogens (tertiary/aromatic N) is 4. The fourth-order valence-corrected chi connectivity index (χ4v) is 3.67. The quantitative estimate of drug-likeness (QED) is 0.233. The Labute approximate surface area is 215 Å². The van der Waals surface area contributed by atoms with Crippen molar-refractivity contribution in [3.63, 3.8) is 0 Å². The van der Waals surface area contributed by atoms with Crippen LogP contribution in [0.4, 0.5) is 0 Å². The molecule has 2 heterocycles. The summed E-state index contributed by atoms with van der Waals surface area (Å²) in [7, 11) is 0. The largest absolute Gasteiger partial charge is 0.490 e. The second-order valence-corrected chi connectivity index (χ2v) is 7.75. The van der Waals surface area contributed by atoms with Gasteiger partial charge in [0.05, 0.1) is 31.7 Å². The van der Waals surface area contributed by atoms with Crippen molar-refractivity contribution in [3.05, 3.63) is 84.3 Å². The van der Waals surface area contributed by atoms with Crippen LogP contribution in [-0.2, 0) is 0 Å². The summed E-state index contributed by atoms with van der Waals surface area (Å²) in [6, 6.07) is 16.8. The number of para-hydroxylation sites is 1. The molecule has 0 aliphatic heterocycles. The first kappa shape index (κ1) is 25.4. The molecular formula is C28H29N5O4. The van der Waals surface area contributed by atoms with Crippen LogP contribution in [0.2, 0.25) is 0 Å². The number of carbonyl (C=O) groups is 1. The van der Waals surface area contributed by atoms with Gasteiger partial charge in [0.15, 0.2) is 11.5 Å². The maximum atomic E-state index is 13.0. The summed E-state index contributed by atoms with van der Waals surface area (Å²) in [5.41, 5.74) is 6.06. The van der Waals surface area contributed by atoms with Crippen molar-refractivity contribution in [2.45, 2.75) is 20.8 Å². The lowest BCUT2D eigenvalue weighted by Gasteiger charge is -2.16. The number of aromatic nitrogens is 3. The van der Waals surface area contributed by atoms with Gasteiger partial charge in [-0.2, -0.15) is 10.2 Å². The molecule has 4 rings (SSSR count). The second-order valence-electron chi connectivity index (χ2n) is 7.75. The van der Waals surface area contributed by atoms with Gasteiger partial charge in [0.2, 0.25) is 5.75 Å². The lowest BCUT2D eigenvalue weighted by atomic mass is 10.1. The highest BCUT2D eigenvalue weighted by Gasteiger charge is 2.18. The molecule has 0 atom stereocenters. The number of ether oxygens (including phenoxy) is 3. The molecule has 9 nitrogen and oxygen atoms in total. The Morgan fingerprint density at radius 3 is 2.30 bits per heavy atom. The highest BCUT2D eigenvalue weighted by atomic mass is 16.5. The van der Waals surface area contributed by atoms with Crippen molar-refractivity contribution in [1.82, 2.24) is 20.2 Å². The highest BCUT2D eigenvalue weighted by molar-refractivity contribution is 5.97. The van der Waals surface area contributed by atoms with E-state index in [0.29, 0.717) is 53.9 Å². The number of hydrogen-bond acceptors (Lipinski definition) is 7. The summed E-state index contributed by atoms with van der Waals surface area (Å²) in [4.78, 5) is 17.2. The van der Waals surface area contributed by atoms with Crippen LogP contribution in [0, 0.1) is 0 Å². The van der Waals surface area contributed by atoms with Crippen molar-refractivity contribution in [1.29, 1.82) is 0 Å². The zero-order chi connectivity index (χ0) is 26.0. The first-order chi connectivity index (χ1) is 18.1. The van der Waals surface area contributed by atoms with Gasteiger partial charge < -0.3 is 14.2 Å². The highest BCUT2D eigenvalue weighted by Crippen LogP contribution is 2.39. The maximum Gasteiger partial charge on any atom is 0.271 e. The van der Waals surface area contributed by atoms with Crippen LogP contribution in [0.15, 0.2) is 78.3 Å². The fourth-order valence-electron chi connectivity index (χ4n) is 3.67. The van der Waals surface area contributed by atoms with Gasteiger partial charge in [0.1, 0.15) is 5.69 Å². The third-order valence-electron chi connectivity index (χ3n) is 5.24. The topological polar surface area (TPSA) is 99.9 Å². The minimum atomic E-state index is -0.417. The number of hydrogen-bond donors (Lipinski definition) is 1. The monoisotopic (exact) mass is 499 g/mol. The van der Waals surface area contributed by atoms with E-state index in [1.165, 1.54) is 0 Å². The molecule has 0 spiro atoms. The molecule has 0 aliphatic carbocycles. The van der Waals surface area contributed by atoms with Crippen molar-refractivity contribution < 1.29 is 19.0 Å². The summed E-state index contributed by atoms with van der Waals surface area (Å²) in [5.74, 6) is 0.931. The predicted octanol–water partition coefficient (Wildman–Crippen LogP) is 4.89. The Hall–Kier alpha value is -4.66. The van der Waals surface area contributed by atoms with Gasteiger partial charge in [0.25, 0.3) is 5.91 Å². The van der Waals surface area contributed by atoms with Gasteiger partial charge in [-0.05, 0) is 57.2 Å². The number of nitrogens with one attached hydrogen (secondary N) is 1. The third-order valence-corrected chi connectivity index (χ3v) is 5.24. The van der Waals surface area contributed by atoms with Crippen molar-refractivity contribution in [2.75, 3.05) is 19.8 Å². The summed E-state index contributed by atoms with van der Waals surface area (Å²) < 4.78 is 18.9. The van der Waals surface area contributed by atoms with Crippen LogP contribution >= 0.6 is 0 Å². The molecule has 0 bridgehead atoms. The third kappa shape index (κ3) is 6.13. The average Bonchev–Trinajstić information content (AvgIpc) is 3.36. The molecule has 0 saturated heterocycles. The standard InChI is InChI=1S/C28H29N5O4/c1-4-35-24-15-21(16-25(36-5-2)27(24)37-6-3)28(34)31-30-18-22-19-33(23-12-8-7-9-13-23)32-26(22)20-11-10-14-29-17-20/h7-19H,4-6H2,1-3H3,(H,31,34)/b30-18-. The lowest BCUT2D eigenvalue weighted by Crippen LogP contribution is -2.18. The van der Waals surface area contributed by atoms with Crippen LogP contribution in [0.1, 0.15) is 36.7 Å². The van der Waals surface area contributed by atoms with Gasteiger partial charge >= 0.3 is 0 Å². The molecule has 0 aliphatic rings. The Morgan fingerprint density at radius 1 is 0.973 bits per heavy atom. The summed E-state index contributed by atoms with van der Waals surface area (Å²) >= 11 is 0. The van der Waals surface area contributed by atoms with E-state index < -0.39 is 5.91 Å². The molecule has 2 aromatic carbocycles. The molecule has 0 unspecified atom stereocenters. The van der Waals surface area contributed by atoms with Gasteiger partial charge in [-0.3, -0.25) is 9.78 Å². The predicted molar refractivity (Wildman–Crippen MR) is 142 cm³/mol. The van der Waals surface area contributed by atoms with E-state index in [1.807, 2.05) is 69.4 Å². The van der Waals surface area contributed by atoms with Gasteiger partial charge in [0, 0.05) is 35.3 Å². The zero-order valence-electron chi connectivity index (χ0n) is 21.0. The van der Waals surface area contributed by atoms with Gasteiger partial charge in [-0.25, -0.2) is 10.1 Å². The molecular weight excluding hydrogens is 470 g/mol. The first-order valence-electron chi connectivity index (χ1n) is 12.1. The van der Waals surface area contributed by atoms with E-state index in [1.54, 1.807) is 35.4 Å². The Morgan fingerprint density at radius 2 is 1.68 bits per heavy atom. The number of pyridine rings is 1. The van der Waals surface area contributed by atoms with Crippen LogP contribution in [-0.4, -0.2) is 46.7 Å². The maximum absolute atomic E-state index is 13.0. The number of rotatable bonds is 11. The van der Waals surface area contributed by atoms with E-state index in [9.17, 15) is 4.79 Å². The van der Waals surface area contributed by atoms with Crippen molar-refractivity contribution >= 4 is 12.1 Å². The minimum Gasteiger partial charge on any atom is -0.490 e. The van der Waals surface area contributed by atoms with E-state index in [0.717, 1.165) is 11.3 Å². The van der Waals surface area contributed by atoms with Gasteiger partial charge in [-0.15, -0.1) is 0 Å². The molecule has 0 fully saturated rings. The average molecular weight is 500 g/mol. The number of carbonyl (C=O) groups excluding carboxylic acids is 1. The Kier molecular flexibility index (Phi) is 8.49. The molecule has 4 aromatic rings. The summed E-state index contributed by atoms with van der Waals surface area (Å²) in [5, 5.41) is 8.93. The van der Waals surface area contributed by atoms with Crippen molar-refractivity contribution in [2.24, 2.45) is 5.10 Å². The molecule has 190 valence electrons. The Balaban J connectivity index is 1.61. The van der Waals surface area contributed by atoms with Crippen LogP contribution in [0.25, 0.3) is 16.9 Å². The minimum absolute atomic E-state index is 0.333. The van der Waals surface area contributed by atoms with E-state index in [2.05, 4.69) is 15.5 Å². The van der Waals surface area contributed by atoms with Crippen LogP contribution < -0.4 is 19.6 Å². The van der Waals surface area contributed by atoms with Crippen LogP contribution in [0.5, 0.6) is 17.2 Å². The molecule has 1 amide bonds. The smallest absolute Gasteiger partial charge is 0.271 e. The fraction of sp³-hybridized carbons (Fsp3) is 0.214. The zero-order valence-corrected chi connectivity index (χ0v) is 21.0. The number of benzene rings is 2. The molecule has 9 heteroatoms. The number of amides is 1. The number of hydrazone groups is 1. The first-order valence-corrected chi connectivity index (χ1v) is 12.1. The van der Waals surface area contributed by atoms with Crippen LogP contribution in [0.3, 0.4) is 0 Å². The Bertz CT molecular complexity index is 1330. The SMILES string of the molecule is CCOc1cc(C(=O)N/N=C\c2cn(-c3ccccc3)nc2-c2cccnc2)cc(OCC)c1OCC. The molecule has 0 radical (unpaired) electrons. The molecule has 37 heavy (non-hydrogen) atoms. The lowest BCUT2D eigenvalue weighted by molar-refractivity contribution is 0.0954. The van der Waals surface area contributed by atoms with E-state index >= 15 is 0 Å². The normalized spacial score (nSPS) is 10.9. The summed E-state index contributed by atoms with van der Waals surface area (Å²) in [6.45, 7) is 6.87. The van der Waals surface area contributed by atoms with E-state index in [-0.39, 0.29) is 0 Å². The van der Waals surface area contributed by atoms with Crippen molar-refractivity contribution in [3.8, 4) is 34.2 Å². The van der Waals surface area contributed by atoms with Gasteiger partial charge in [-0.1, -0.05) is 18.2 Å². The van der Waals surface area contributed by atoms with E-state index in [4.69, 9.17) is 19.3 Å². The molecule has 2 aromatic heterocycles.